The molecule has 5 heteroatoms. The topological polar surface area (TPSA) is 79.5 Å². The number of hydrogen-bond donors (Lipinski definition) is 2. The lowest BCUT2D eigenvalue weighted by molar-refractivity contribution is 0.0691. The number of furan rings is 1. The Hall–Kier alpha value is -2.56. The highest BCUT2D eigenvalue weighted by atomic mass is 16.4. The monoisotopic (exact) mass is 259 g/mol. The molecule has 0 fully saturated rings. The van der Waals surface area contributed by atoms with Crippen molar-refractivity contribution in [2.75, 3.05) is 0 Å². The minimum Gasteiger partial charge on any atom is -0.478 e. The van der Waals surface area contributed by atoms with Crippen LogP contribution in [0.1, 0.15) is 32.2 Å². The number of aryl methyl sites for hydroxylation is 1. The summed E-state index contributed by atoms with van der Waals surface area (Å²) in [6.45, 7) is 2.03. The van der Waals surface area contributed by atoms with Gasteiger partial charge in [-0.1, -0.05) is 12.1 Å². The maximum absolute atomic E-state index is 11.9. The van der Waals surface area contributed by atoms with Crippen LogP contribution >= 0.6 is 0 Å². The lowest BCUT2D eigenvalue weighted by Gasteiger charge is -2.06. The molecule has 0 aliphatic carbocycles. The molecule has 5 nitrogen and oxygen atoms in total. The normalized spacial score (nSPS) is 10.2. The molecule has 0 radical (unpaired) electrons. The molecule has 0 bridgehead atoms. The fraction of sp³-hybridized carbons (Fsp3) is 0.143. The first-order valence-electron chi connectivity index (χ1n) is 5.74. The number of nitrogens with one attached hydrogen (secondary N) is 1. The molecule has 1 aromatic carbocycles. The Morgan fingerprint density at radius 2 is 1.84 bits per heavy atom. The number of amides is 1. The van der Waals surface area contributed by atoms with Crippen LogP contribution in [0.5, 0.6) is 0 Å². The Morgan fingerprint density at radius 1 is 1.16 bits per heavy atom. The number of carbonyl (C=O) groups is 2. The summed E-state index contributed by atoms with van der Waals surface area (Å²) in [4.78, 5) is 22.9. The summed E-state index contributed by atoms with van der Waals surface area (Å²) in [7, 11) is 0. The average molecular weight is 259 g/mol. The zero-order valence-electron chi connectivity index (χ0n) is 10.3. The van der Waals surface area contributed by atoms with E-state index in [1.807, 2.05) is 6.92 Å². The summed E-state index contributed by atoms with van der Waals surface area (Å²) < 4.78 is 5.32. The molecule has 0 atom stereocenters. The van der Waals surface area contributed by atoms with Crippen LogP contribution in [-0.4, -0.2) is 17.0 Å². The van der Waals surface area contributed by atoms with Gasteiger partial charge in [-0.2, -0.15) is 0 Å². The molecule has 0 saturated carbocycles. The summed E-state index contributed by atoms with van der Waals surface area (Å²) in [6.07, 6.45) is 0. The van der Waals surface area contributed by atoms with Crippen molar-refractivity contribution in [2.45, 2.75) is 13.5 Å². The molecule has 2 aromatic rings. The van der Waals surface area contributed by atoms with Crippen molar-refractivity contribution in [1.82, 2.24) is 5.32 Å². The summed E-state index contributed by atoms with van der Waals surface area (Å²) in [5, 5.41) is 11.6. The van der Waals surface area contributed by atoms with Crippen LogP contribution in [-0.2, 0) is 6.54 Å². The first-order chi connectivity index (χ1) is 9.08. The molecule has 0 spiro atoms. The molecular weight excluding hydrogens is 246 g/mol. The van der Waals surface area contributed by atoms with Crippen molar-refractivity contribution in [3.05, 3.63) is 59.0 Å². The lowest BCUT2D eigenvalue weighted by atomic mass is 10.1. The van der Waals surface area contributed by atoms with Gasteiger partial charge in [0.05, 0.1) is 17.7 Å². The number of carbonyl (C=O) groups excluding carboxylic acids is 1. The lowest BCUT2D eigenvalue weighted by Crippen LogP contribution is -2.24. The fourth-order valence-corrected chi connectivity index (χ4v) is 1.71. The molecule has 1 amide bonds. The molecule has 19 heavy (non-hydrogen) atoms. The number of rotatable bonds is 4. The van der Waals surface area contributed by atoms with Gasteiger partial charge in [0.2, 0.25) is 0 Å². The average Bonchev–Trinajstić information content (AvgIpc) is 2.81. The second-order valence-corrected chi connectivity index (χ2v) is 4.05. The fourth-order valence-electron chi connectivity index (χ4n) is 1.71. The number of carboxylic acid groups (broad SMARTS) is 1. The van der Waals surface area contributed by atoms with Gasteiger partial charge in [-0.25, -0.2) is 4.79 Å². The minimum atomic E-state index is -1.13. The van der Waals surface area contributed by atoms with Crippen molar-refractivity contribution in [2.24, 2.45) is 0 Å². The van der Waals surface area contributed by atoms with Gasteiger partial charge >= 0.3 is 5.97 Å². The number of carboxylic acids is 1. The predicted molar refractivity (Wildman–Crippen MR) is 68.0 cm³/mol. The van der Waals surface area contributed by atoms with E-state index >= 15 is 0 Å². The van der Waals surface area contributed by atoms with Crippen LogP contribution in [0.2, 0.25) is 0 Å². The Labute approximate surface area is 109 Å². The maximum atomic E-state index is 11.9. The van der Waals surface area contributed by atoms with E-state index in [4.69, 9.17) is 9.52 Å². The predicted octanol–water partition coefficient (Wildman–Crippen LogP) is 2.22. The summed E-state index contributed by atoms with van der Waals surface area (Å²) in [5.41, 5.74) is 0.119. The SMILES string of the molecule is Cc1ccc(CNC(=O)c2ccccc2C(=O)O)o1. The second-order valence-electron chi connectivity index (χ2n) is 4.05. The molecule has 98 valence electrons. The van der Waals surface area contributed by atoms with Crippen LogP contribution in [0.15, 0.2) is 40.8 Å². The van der Waals surface area contributed by atoms with Gasteiger partial charge in [-0.3, -0.25) is 4.79 Å². The van der Waals surface area contributed by atoms with Gasteiger partial charge in [0, 0.05) is 0 Å². The molecule has 2 rings (SSSR count). The van der Waals surface area contributed by atoms with Gasteiger partial charge in [0.1, 0.15) is 11.5 Å². The smallest absolute Gasteiger partial charge is 0.336 e. The zero-order chi connectivity index (χ0) is 13.8. The third-order valence-electron chi connectivity index (χ3n) is 2.62. The van der Waals surface area contributed by atoms with Crippen LogP contribution in [0.25, 0.3) is 0 Å². The first-order valence-corrected chi connectivity index (χ1v) is 5.74. The van der Waals surface area contributed by atoms with E-state index in [1.54, 1.807) is 24.3 Å². The van der Waals surface area contributed by atoms with Gasteiger partial charge in [-0.15, -0.1) is 0 Å². The summed E-state index contributed by atoms with van der Waals surface area (Å²) in [5.74, 6) is -0.180. The van der Waals surface area contributed by atoms with Crippen molar-refractivity contribution >= 4 is 11.9 Å². The van der Waals surface area contributed by atoms with Crippen molar-refractivity contribution in [3.63, 3.8) is 0 Å². The molecule has 0 unspecified atom stereocenters. The highest BCUT2D eigenvalue weighted by molar-refractivity contribution is 6.04. The largest absolute Gasteiger partial charge is 0.478 e. The van der Waals surface area contributed by atoms with E-state index in [0.717, 1.165) is 5.76 Å². The van der Waals surface area contributed by atoms with Gasteiger partial charge in [0.15, 0.2) is 0 Å². The molecule has 0 aliphatic rings. The van der Waals surface area contributed by atoms with Crippen molar-refractivity contribution < 1.29 is 19.1 Å². The van der Waals surface area contributed by atoms with E-state index in [-0.39, 0.29) is 17.7 Å². The van der Waals surface area contributed by atoms with Crippen LogP contribution in [0.4, 0.5) is 0 Å². The Kier molecular flexibility index (Phi) is 3.66. The van der Waals surface area contributed by atoms with Gasteiger partial charge < -0.3 is 14.8 Å². The Balaban J connectivity index is 2.10. The van der Waals surface area contributed by atoms with Crippen molar-refractivity contribution in [3.8, 4) is 0 Å². The third-order valence-corrected chi connectivity index (χ3v) is 2.62. The Bertz CT molecular complexity index is 615. The third kappa shape index (κ3) is 3.01. The molecule has 1 heterocycles. The van der Waals surface area contributed by atoms with E-state index in [1.165, 1.54) is 12.1 Å². The van der Waals surface area contributed by atoms with E-state index in [2.05, 4.69) is 5.32 Å². The number of benzene rings is 1. The first kappa shape index (κ1) is 12.9. The maximum Gasteiger partial charge on any atom is 0.336 e. The zero-order valence-corrected chi connectivity index (χ0v) is 10.3. The quantitative estimate of drug-likeness (QED) is 0.882. The Morgan fingerprint density at radius 3 is 2.42 bits per heavy atom. The van der Waals surface area contributed by atoms with Crippen LogP contribution < -0.4 is 5.32 Å². The van der Waals surface area contributed by atoms with E-state index in [0.29, 0.717) is 5.76 Å². The summed E-state index contributed by atoms with van der Waals surface area (Å²) in [6, 6.07) is 9.64. The van der Waals surface area contributed by atoms with E-state index in [9.17, 15) is 9.59 Å². The molecular formula is C14H13NO4. The highest BCUT2D eigenvalue weighted by Gasteiger charge is 2.15. The van der Waals surface area contributed by atoms with E-state index < -0.39 is 11.9 Å². The molecule has 0 saturated heterocycles. The van der Waals surface area contributed by atoms with Gasteiger partial charge in [0.25, 0.3) is 5.91 Å². The minimum absolute atomic E-state index is 0.0179. The standard InChI is InChI=1S/C14H13NO4/c1-9-6-7-10(19-9)8-15-13(16)11-4-2-3-5-12(11)14(17)18/h2-7H,8H2,1H3,(H,15,16)(H,17,18). The highest BCUT2D eigenvalue weighted by Crippen LogP contribution is 2.10. The van der Waals surface area contributed by atoms with Gasteiger partial charge in [-0.05, 0) is 31.2 Å². The van der Waals surface area contributed by atoms with Crippen LogP contribution in [0, 0.1) is 6.92 Å². The molecule has 0 aliphatic heterocycles. The molecule has 2 N–H and O–H groups in total. The number of hydrogen-bond acceptors (Lipinski definition) is 3. The summed E-state index contributed by atoms with van der Waals surface area (Å²) >= 11 is 0. The molecule has 1 aromatic heterocycles. The second kappa shape index (κ2) is 5.39. The number of aromatic carboxylic acids is 1. The van der Waals surface area contributed by atoms with Crippen molar-refractivity contribution in [1.29, 1.82) is 0 Å². The van der Waals surface area contributed by atoms with Crippen LogP contribution in [0.3, 0.4) is 0 Å².